The summed E-state index contributed by atoms with van der Waals surface area (Å²) in [5, 5.41) is 0.821. The van der Waals surface area contributed by atoms with Crippen molar-refractivity contribution in [2.45, 2.75) is 12.5 Å². The molecule has 1 fully saturated rings. The van der Waals surface area contributed by atoms with E-state index in [9.17, 15) is 13.2 Å². The molecule has 144 valence electrons. The largest absolute Gasteiger partial charge is 0.455 e. The van der Waals surface area contributed by atoms with Gasteiger partial charge in [0.2, 0.25) is 10.0 Å². The van der Waals surface area contributed by atoms with Gasteiger partial charge in [-0.05, 0) is 36.8 Å². The molecule has 1 aliphatic heterocycles. The molecule has 2 aromatic carbocycles. The van der Waals surface area contributed by atoms with Crippen LogP contribution in [0.25, 0.3) is 0 Å². The van der Waals surface area contributed by atoms with E-state index in [1.165, 1.54) is 0 Å². The molecule has 0 aromatic heterocycles. The number of sulfonamides is 1. The summed E-state index contributed by atoms with van der Waals surface area (Å²) in [6, 6.07) is 11.4. The Labute approximate surface area is 168 Å². The van der Waals surface area contributed by atoms with Gasteiger partial charge in [-0.25, -0.2) is 13.1 Å². The summed E-state index contributed by atoms with van der Waals surface area (Å²) in [6.45, 7) is 0.768. The normalized spacial score (nSPS) is 17.1. The Hall–Kier alpha value is -1.80. The number of halogens is 2. The molecule has 0 aliphatic carbocycles. The fourth-order valence-electron chi connectivity index (χ4n) is 2.92. The number of benzene rings is 2. The first kappa shape index (κ1) is 19.9. The molecule has 1 aliphatic rings. The number of carbonyl (C=O) groups is 1. The number of hydrogen-bond donors (Lipinski definition) is 1. The lowest BCUT2D eigenvalue weighted by Gasteiger charge is -2.19. The number of hydrogen-bond acceptors (Lipinski definition) is 4. The Balaban J connectivity index is 1.78. The van der Waals surface area contributed by atoms with Crippen LogP contribution in [-0.2, 0) is 10.0 Å². The van der Waals surface area contributed by atoms with Gasteiger partial charge in [-0.1, -0.05) is 35.3 Å². The third-order valence-electron chi connectivity index (χ3n) is 4.09. The molecule has 1 amide bonds. The number of likely N-dealkylation sites (tertiary alicyclic amines) is 1. The van der Waals surface area contributed by atoms with Gasteiger partial charge in [-0.15, -0.1) is 0 Å². The van der Waals surface area contributed by atoms with Crippen LogP contribution in [-0.4, -0.2) is 44.6 Å². The van der Waals surface area contributed by atoms with Gasteiger partial charge in [0.25, 0.3) is 5.91 Å². The highest BCUT2D eigenvalue weighted by atomic mass is 35.5. The maximum atomic E-state index is 12.9. The molecule has 0 bridgehead atoms. The van der Waals surface area contributed by atoms with Crippen molar-refractivity contribution in [1.82, 2.24) is 9.62 Å². The lowest BCUT2D eigenvalue weighted by Crippen LogP contribution is -2.37. The Morgan fingerprint density at radius 3 is 2.63 bits per heavy atom. The van der Waals surface area contributed by atoms with E-state index in [1.54, 1.807) is 47.4 Å². The molecule has 9 heteroatoms. The van der Waals surface area contributed by atoms with Crippen molar-refractivity contribution in [1.29, 1.82) is 0 Å². The van der Waals surface area contributed by atoms with Crippen LogP contribution in [0.4, 0.5) is 0 Å². The number of carbonyl (C=O) groups excluding carboxylic acids is 1. The quantitative estimate of drug-likeness (QED) is 0.789. The summed E-state index contributed by atoms with van der Waals surface area (Å²) >= 11 is 12.0. The van der Waals surface area contributed by atoms with E-state index in [-0.39, 0.29) is 11.9 Å². The van der Waals surface area contributed by atoms with Crippen molar-refractivity contribution in [2.75, 3.05) is 19.3 Å². The highest BCUT2D eigenvalue weighted by Crippen LogP contribution is 2.33. The van der Waals surface area contributed by atoms with Gasteiger partial charge in [0.1, 0.15) is 11.5 Å². The Morgan fingerprint density at radius 2 is 1.93 bits per heavy atom. The zero-order chi connectivity index (χ0) is 19.6. The number of nitrogens with zero attached hydrogens (tertiary/aromatic N) is 1. The minimum atomic E-state index is -3.32. The first-order chi connectivity index (χ1) is 12.7. The minimum Gasteiger partial charge on any atom is -0.455 e. The summed E-state index contributed by atoms with van der Waals surface area (Å²) in [5.41, 5.74) is 0.378. The van der Waals surface area contributed by atoms with Crippen LogP contribution >= 0.6 is 23.2 Å². The first-order valence-electron chi connectivity index (χ1n) is 8.21. The summed E-state index contributed by atoms with van der Waals surface area (Å²) in [5.74, 6) is 0.527. The molecular formula is C18H18Cl2N2O4S. The van der Waals surface area contributed by atoms with Gasteiger partial charge in [0.15, 0.2) is 0 Å². The molecular weight excluding hydrogens is 411 g/mol. The molecule has 3 rings (SSSR count). The van der Waals surface area contributed by atoms with Gasteiger partial charge in [-0.3, -0.25) is 4.79 Å². The highest BCUT2D eigenvalue weighted by Gasteiger charge is 2.30. The fraction of sp³-hybridized carbons (Fsp3) is 0.278. The van der Waals surface area contributed by atoms with Crippen LogP contribution in [0.2, 0.25) is 10.0 Å². The predicted molar refractivity (Wildman–Crippen MR) is 105 cm³/mol. The van der Waals surface area contributed by atoms with Crippen LogP contribution in [0.5, 0.6) is 11.5 Å². The zero-order valence-corrected chi connectivity index (χ0v) is 16.8. The second kappa shape index (κ2) is 8.06. The molecule has 2 aromatic rings. The molecule has 0 radical (unpaired) electrons. The second-order valence-corrected chi connectivity index (χ2v) is 8.92. The zero-order valence-electron chi connectivity index (χ0n) is 14.5. The maximum absolute atomic E-state index is 12.9. The summed E-state index contributed by atoms with van der Waals surface area (Å²) in [7, 11) is -3.32. The van der Waals surface area contributed by atoms with Crippen molar-refractivity contribution >= 4 is 39.1 Å². The van der Waals surface area contributed by atoms with E-state index >= 15 is 0 Å². The lowest BCUT2D eigenvalue weighted by atomic mass is 10.1. The van der Waals surface area contributed by atoms with Crippen LogP contribution in [0.1, 0.15) is 16.8 Å². The summed E-state index contributed by atoms with van der Waals surface area (Å²) < 4.78 is 31.2. The molecule has 1 unspecified atom stereocenters. The number of para-hydroxylation sites is 1. The van der Waals surface area contributed by atoms with Gasteiger partial charge >= 0.3 is 0 Å². The fourth-order valence-corrected chi connectivity index (χ4v) is 4.17. The molecule has 1 N–H and O–H groups in total. The van der Waals surface area contributed by atoms with Crippen molar-refractivity contribution in [2.24, 2.45) is 0 Å². The second-order valence-electron chi connectivity index (χ2n) is 6.30. The molecule has 0 spiro atoms. The summed E-state index contributed by atoms with van der Waals surface area (Å²) in [6.07, 6.45) is 1.67. The van der Waals surface area contributed by atoms with E-state index in [2.05, 4.69) is 4.72 Å². The third-order valence-corrected chi connectivity index (χ3v) is 5.38. The minimum absolute atomic E-state index is 0.228. The van der Waals surface area contributed by atoms with Crippen molar-refractivity contribution in [3.8, 4) is 11.5 Å². The van der Waals surface area contributed by atoms with Crippen LogP contribution in [0, 0.1) is 0 Å². The Morgan fingerprint density at radius 1 is 1.19 bits per heavy atom. The van der Waals surface area contributed by atoms with Crippen molar-refractivity contribution in [3.63, 3.8) is 0 Å². The Kier molecular flexibility index (Phi) is 5.95. The first-order valence-corrected chi connectivity index (χ1v) is 10.9. The molecule has 1 atom stereocenters. The lowest BCUT2D eigenvalue weighted by molar-refractivity contribution is 0.0787. The van der Waals surface area contributed by atoms with E-state index in [4.69, 9.17) is 27.9 Å². The van der Waals surface area contributed by atoms with E-state index < -0.39 is 10.0 Å². The Bertz CT molecular complexity index is 966. The van der Waals surface area contributed by atoms with E-state index in [1.807, 2.05) is 0 Å². The molecule has 1 saturated heterocycles. The van der Waals surface area contributed by atoms with Crippen molar-refractivity contribution in [3.05, 3.63) is 58.1 Å². The third kappa shape index (κ3) is 5.13. The monoisotopic (exact) mass is 428 g/mol. The maximum Gasteiger partial charge on any atom is 0.257 e. The summed E-state index contributed by atoms with van der Waals surface area (Å²) in [4.78, 5) is 14.5. The van der Waals surface area contributed by atoms with Crippen LogP contribution in [0.3, 0.4) is 0 Å². The highest BCUT2D eigenvalue weighted by molar-refractivity contribution is 7.88. The predicted octanol–water partition coefficient (Wildman–Crippen LogP) is 3.55. The number of ether oxygens (including phenoxy) is 1. The smallest absolute Gasteiger partial charge is 0.257 e. The van der Waals surface area contributed by atoms with Gasteiger partial charge in [0.05, 0.1) is 16.8 Å². The van der Waals surface area contributed by atoms with E-state index in [0.29, 0.717) is 46.6 Å². The van der Waals surface area contributed by atoms with Crippen molar-refractivity contribution < 1.29 is 17.9 Å². The standard InChI is InChI=1S/C18H18Cl2N2O4S/c1-27(24,25)21-13-8-9-22(11-13)18(23)14-4-2-3-5-16(14)26-17-7-6-12(19)10-15(17)20/h2-7,10,13,21H,8-9,11H2,1H3. The van der Waals surface area contributed by atoms with Crippen LogP contribution < -0.4 is 9.46 Å². The number of rotatable bonds is 5. The van der Waals surface area contributed by atoms with Gasteiger partial charge in [0, 0.05) is 24.2 Å². The van der Waals surface area contributed by atoms with Gasteiger partial charge < -0.3 is 9.64 Å². The topological polar surface area (TPSA) is 75.7 Å². The molecule has 27 heavy (non-hydrogen) atoms. The van der Waals surface area contributed by atoms with Crippen LogP contribution in [0.15, 0.2) is 42.5 Å². The SMILES string of the molecule is CS(=O)(=O)NC1CCN(C(=O)c2ccccc2Oc2ccc(Cl)cc2Cl)C1. The molecule has 6 nitrogen and oxygen atoms in total. The molecule has 0 saturated carbocycles. The number of amides is 1. The molecule has 1 heterocycles. The average Bonchev–Trinajstić information content (AvgIpc) is 3.04. The van der Waals surface area contributed by atoms with Gasteiger partial charge in [-0.2, -0.15) is 0 Å². The van der Waals surface area contributed by atoms with E-state index in [0.717, 1.165) is 6.26 Å². The average molecular weight is 429 g/mol. The number of nitrogens with one attached hydrogen (secondary N) is 1.